The molecule has 0 N–H and O–H groups in total. The Morgan fingerprint density at radius 2 is 2.05 bits per heavy atom. The Hall–Kier alpha value is -1.70. The van der Waals surface area contributed by atoms with E-state index in [2.05, 4.69) is 9.97 Å². The molecule has 0 unspecified atom stereocenters. The van der Waals surface area contributed by atoms with Crippen molar-refractivity contribution in [1.29, 1.82) is 0 Å². The van der Waals surface area contributed by atoms with Gasteiger partial charge in [-0.25, -0.2) is 9.97 Å². The van der Waals surface area contributed by atoms with E-state index in [-0.39, 0.29) is 6.54 Å². The van der Waals surface area contributed by atoms with Gasteiger partial charge >= 0.3 is 6.18 Å². The molecule has 0 saturated carbocycles. The summed E-state index contributed by atoms with van der Waals surface area (Å²) in [6, 6.07) is 0.503. The van der Waals surface area contributed by atoms with Crippen molar-refractivity contribution in [1.82, 2.24) is 14.5 Å². The number of alkyl halides is 3. The van der Waals surface area contributed by atoms with Crippen LogP contribution in [0.4, 0.5) is 13.2 Å². The first kappa shape index (κ1) is 13.7. The Bertz CT molecular complexity index is 660. The number of thiazole rings is 1. The fourth-order valence-electron chi connectivity index (χ4n) is 1.57. The molecule has 0 aliphatic rings. The molecule has 8 heteroatoms. The molecule has 0 saturated heterocycles. The fraction of sp³-hybridized carbons (Fsp3) is 0.364. The highest BCUT2D eigenvalue weighted by molar-refractivity contribution is 7.11. The smallest absolute Gasteiger partial charge is 0.294 e. The highest BCUT2D eigenvalue weighted by Crippen LogP contribution is 2.26. The number of hydrogen-bond donors (Lipinski definition) is 0. The van der Waals surface area contributed by atoms with E-state index < -0.39 is 17.4 Å². The van der Waals surface area contributed by atoms with Crippen LogP contribution in [0.5, 0.6) is 0 Å². The van der Waals surface area contributed by atoms with E-state index in [1.807, 2.05) is 6.92 Å². The molecule has 2 aromatic rings. The lowest BCUT2D eigenvalue weighted by atomic mass is 10.3. The van der Waals surface area contributed by atoms with Gasteiger partial charge in [0.25, 0.3) is 5.56 Å². The van der Waals surface area contributed by atoms with Crippen molar-refractivity contribution < 1.29 is 13.2 Å². The van der Waals surface area contributed by atoms with Gasteiger partial charge in [-0.05, 0) is 13.8 Å². The van der Waals surface area contributed by atoms with Gasteiger partial charge in [0.05, 0.1) is 23.6 Å². The maximum Gasteiger partial charge on any atom is 0.433 e. The van der Waals surface area contributed by atoms with Crippen molar-refractivity contribution >= 4 is 11.3 Å². The summed E-state index contributed by atoms with van der Waals surface area (Å²) in [5.41, 5.74) is -1.13. The van der Waals surface area contributed by atoms with Crippen LogP contribution in [-0.4, -0.2) is 14.5 Å². The van der Waals surface area contributed by atoms with Crippen molar-refractivity contribution in [3.8, 4) is 0 Å². The molecule has 4 nitrogen and oxygen atoms in total. The molecule has 0 bridgehead atoms. The summed E-state index contributed by atoms with van der Waals surface area (Å²) in [6.45, 7) is 3.80. The number of halogens is 3. The summed E-state index contributed by atoms with van der Waals surface area (Å²) in [6.07, 6.45) is -3.69. The lowest BCUT2D eigenvalue weighted by Gasteiger charge is -2.07. The summed E-state index contributed by atoms with van der Waals surface area (Å²) in [7, 11) is 0. The molecular weight excluding hydrogens is 279 g/mol. The van der Waals surface area contributed by atoms with E-state index in [1.165, 1.54) is 11.3 Å². The molecule has 2 aromatic heterocycles. The average Bonchev–Trinajstić information content (AvgIpc) is 2.59. The van der Waals surface area contributed by atoms with E-state index in [1.54, 1.807) is 6.92 Å². The quantitative estimate of drug-likeness (QED) is 0.853. The molecule has 2 heterocycles. The minimum atomic E-state index is -4.60. The van der Waals surface area contributed by atoms with E-state index in [0.29, 0.717) is 6.07 Å². The highest BCUT2D eigenvalue weighted by atomic mass is 32.1. The van der Waals surface area contributed by atoms with Gasteiger partial charge in [0, 0.05) is 10.9 Å². The molecule has 0 fully saturated rings. The van der Waals surface area contributed by atoms with Gasteiger partial charge in [0.15, 0.2) is 5.69 Å². The minimum absolute atomic E-state index is 0.182. The van der Waals surface area contributed by atoms with Gasteiger partial charge < -0.3 is 0 Å². The highest BCUT2D eigenvalue weighted by Gasteiger charge is 2.33. The van der Waals surface area contributed by atoms with Gasteiger partial charge in [-0.3, -0.25) is 9.36 Å². The molecule has 19 heavy (non-hydrogen) atoms. The predicted molar refractivity (Wildman–Crippen MR) is 64.2 cm³/mol. The topological polar surface area (TPSA) is 47.8 Å². The van der Waals surface area contributed by atoms with Gasteiger partial charge in [-0.1, -0.05) is 0 Å². The summed E-state index contributed by atoms with van der Waals surface area (Å²) in [5.74, 6) is 0. The molecule has 0 aliphatic heterocycles. The molecule has 102 valence electrons. The summed E-state index contributed by atoms with van der Waals surface area (Å²) in [4.78, 5) is 19.9. The van der Waals surface area contributed by atoms with Crippen LogP contribution in [0.25, 0.3) is 0 Å². The molecule has 0 atom stereocenters. The number of rotatable bonds is 2. The van der Waals surface area contributed by atoms with Crippen LogP contribution in [0, 0.1) is 13.8 Å². The van der Waals surface area contributed by atoms with Crippen molar-refractivity contribution in [3.05, 3.63) is 44.0 Å². The Labute approximate surface area is 110 Å². The molecule has 0 aliphatic carbocycles. The van der Waals surface area contributed by atoms with Gasteiger partial charge in [-0.15, -0.1) is 11.3 Å². The monoisotopic (exact) mass is 289 g/mol. The van der Waals surface area contributed by atoms with Crippen LogP contribution < -0.4 is 5.56 Å². The minimum Gasteiger partial charge on any atom is -0.294 e. The summed E-state index contributed by atoms with van der Waals surface area (Å²) in [5, 5.41) is 0.848. The molecule has 0 radical (unpaired) electrons. The molecular formula is C11H10F3N3OS. The first-order valence-electron chi connectivity index (χ1n) is 5.34. The second kappa shape index (κ2) is 4.76. The maximum atomic E-state index is 12.4. The summed E-state index contributed by atoms with van der Waals surface area (Å²) >= 11 is 1.41. The van der Waals surface area contributed by atoms with Crippen LogP contribution in [0.1, 0.15) is 21.3 Å². The van der Waals surface area contributed by atoms with E-state index in [0.717, 1.165) is 26.5 Å². The molecule has 0 aromatic carbocycles. The zero-order valence-corrected chi connectivity index (χ0v) is 11.0. The third-order valence-corrected chi connectivity index (χ3v) is 3.54. The Kier molecular flexibility index (Phi) is 3.44. The second-order valence-corrected chi connectivity index (χ2v) is 5.27. The zero-order chi connectivity index (χ0) is 14.2. The Balaban J connectivity index is 2.33. The molecule has 0 amide bonds. The standard InChI is InChI=1S/C11H10F3N3OS/c1-6-8(19-7(2)16-6)4-17-5-15-9(3-10(17)18)11(12,13)14/h3,5H,4H2,1-2H3. The fourth-order valence-corrected chi connectivity index (χ4v) is 2.51. The first-order valence-corrected chi connectivity index (χ1v) is 6.15. The second-order valence-electron chi connectivity index (χ2n) is 3.98. The predicted octanol–water partition coefficient (Wildman–Crippen LogP) is 2.38. The number of nitrogens with zero attached hydrogens (tertiary/aromatic N) is 3. The lowest BCUT2D eigenvalue weighted by Crippen LogP contribution is -2.23. The zero-order valence-electron chi connectivity index (χ0n) is 10.2. The van der Waals surface area contributed by atoms with Crippen molar-refractivity contribution in [2.24, 2.45) is 0 Å². The molecule has 2 rings (SSSR count). The van der Waals surface area contributed by atoms with Crippen molar-refractivity contribution in [3.63, 3.8) is 0 Å². The van der Waals surface area contributed by atoms with Crippen LogP contribution >= 0.6 is 11.3 Å². The van der Waals surface area contributed by atoms with Crippen LogP contribution in [-0.2, 0) is 12.7 Å². The van der Waals surface area contributed by atoms with Crippen molar-refractivity contribution in [2.75, 3.05) is 0 Å². The van der Waals surface area contributed by atoms with E-state index in [4.69, 9.17) is 0 Å². The molecule has 0 spiro atoms. The third-order valence-electron chi connectivity index (χ3n) is 2.48. The van der Waals surface area contributed by atoms with Gasteiger partial charge in [0.1, 0.15) is 0 Å². The van der Waals surface area contributed by atoms with Crippen LogP contribution in [0.15, 0.2) is 17.2 Å². The van der Waals surface area contributed by atoms with E-state index in [9.17, 15) is 18.0 Å². The first-order chi connectivity index (χ1) is 8.77. The van der Waals surface area contributed by atoms with Gasteiger partial charge in [0.2, 0.25) is 0 Å². The Morgan fingerprint density at radius 1 is 1.37 bits per heavy atom. The van der Waals surface area contributed by atoms with Crippen molar-refractivity contribution in [2.45, 2.75) is 26.6 Å². The Morgan fingerprint density at radius 3 is 2.53 bits per heavy atom. The van der Waals surface area contributed by atoms with E-state index >= 15 is 0 Å². The maximum absolute atomic E-state index is 12.4. The number of hydrogen-bond acceptors (Lipinski definition) is 4. The largest absolute Gasteiger partial charge is 0.433 e. The summed E-state index contributed by atoms with van der Waals surface area (Å²) < 4.78 is 38.3. The number of aryl methyl sites for hydroxylation is 2. The normalized spacial score (nSPS) is 11.8. The lowest BCUT2D eigenvalue weighted by molar-refractivity contribution is -0.141. The van der Waals surface area contributed by atoms with Crippen LogP contribution in [0.2, 0.25) is 0 Å². The average molecular weight is 289 g/mol. The SMILES string of the molecule is Cc1nc(C)c(Cn2cnc(C(F)(F)F)cc2=O)s1. The van der Waals surface area contributed by atoms with Gasteiger partial charge in [-0.2, -0.15) is 13.2 Å². The number of aromatic nitrogens is 3. The third kappa shape index (κ3) is 3.01. The van der Waals surface area contributed by atoms with Crippen LogP contribution in [0.3, 0.4) is 0 Å².